The lowest BCUT2D eigenvalue weighted by Crippen LogP contribution is -2.44. The Bertz CT molecular complexity index is 1580. The molecule has 218 valence electrons. The van der Waals surface area contributed by atoms with E-state index in [0.29, 0.717) is 5.02 Å². The van der Waals surface area contributed by atoms with Crippen molar-refractivity contribution in [2.75, 3.05) is 45.9 Å². The fourth-order valence-electron chi connectivity index (χ4n) is 6.00. The lowest BCUT2D eigenvalue weighted by molar-refractivity contribution is 0.0959. The standard InChI is InChI=1S/C32H37ClN8O/c1-23-37-38-31-32(10-11-32)36-30(24-4-7-27(33)8-5-24)28-20-25(6-9-29(28)41(23)31)26-21-35-40(22-26)14-2-3-18-42-19-17-39-15-12-34-13-16-39/h4-9,20-22,34H,2-3,10-19H2,1H3. The van der Waals surface area contributed by atoms with Crippen molar-refractivity contribution in [3.8, 4) is 16.8 Å². The highest BCUT2D eigenvalue weighted by Crippen LogP contribution is 2.51. The summed E-state index contributed by atoms with van der Waals surface area (Å²) in [5.41, 5.74) is 6.01. The average molecular weight is 585 g/mol. The van der Waals surface area contributed by atoms with Crippen molar-refractivity contribution < 1.29 is 4.74 Å². The molecule has 1 N–H and O–H groups in total. The third kappa shape index (κ3) is 5.54. The molecule has 0 atom stereocenters. The van der Waals surface area contributed by atoms with Crippen LogP contribution in [0.2, 0.25) is 5.02 Å². The zero-order chi connectivity index (χ0) is 28.5. The van der Waals surface area contributed by atoms with Gasteiger partial charge in [-0.05, 0) is 62.4 Å². The number of benzene rings is 2. The first-order chi connectivity index (χ1) is 20.6. The number of piperazine rings is 1. The van der Waals surface area contributed by atoms with E-state index in [1.807, 2.05) is 29.9 Å². The molecule has 1 saturated heterocycles. The van der Waals surface area contributed by atoms with Crippen LogP contribution < -0.4 is 5.32 Å². The lowest BCUT2D eigenvalue weighted by atomic mass is 9.96. The Labute approximate surface area is 251 Å². The fourth-order valence-corrected chi connectivity index (χ4v) is 6.13. The third-order valence-electron chi connectivity index (χ3n) is 8.55. The number of nitrogens with zero attached hydrogens (tertiary/aromatic N) is 7. The molecular weight excluding hydrogens is 548 g/mol. The number of aromatic nitrogens is 5. The smallest absolute Gasteiger partial charge is 0.165 e. The van der Waals surface area contributed by atoms with Crippen LogP contribution in [0.25, 0.3) is 16.8 Å². The molecule has 4 aromatic rings. The van der Waals surface area contributed by atoms with Crippen molar-refractivity contribution >= 4 is 17.3 Å². The number of hydrogen-bond acceptors (Lipinski definition) is 7. The molecule has 10 heteroatoms. The molecule has 0 amide bonds. The summed E-state index contributed by atoms with van der Waals surface area (Å²) in [5.74, 6) is 1.80. The van der Waals surface area contributed by atoms with Gasteiger partial charge in [-0.15, -0.1) is 10.2 Å². The lowest BCUT2D eigenvalue weighted by Gasteiger charge is -2.26. The van der Waals surface area contributed by atoms with Crippen molar-refractivity contribution in [3.63, 3.8) is 0 Å². The van der Waals surface area contributed by atoms with E-state index in [0.717, 1.165) is 123 Å². The Morgan fingerprint density at radius 3 is 2.55 bits per heavy atom. The van der Waals surface area contributed by atoms with Gasteiger partial charge in [-0.2, -0.15) is 5.10 Å². The number of aryl methyl sites for hydroxylation is 2. The minimum absolute atomic E-state index is 0.324. The zero-order valence-electron chi connectivity index (χ0n) is 24.1. The molecular formula is C32H37ClN8O. The van der Waals surface area contributed by atoms with Gasteiger partial charge >= 0.3 is 0 Å². The minimum Gasteiger partial charge on any atom is -0.380 e. The SMILES string of the molecule is Cc1nnc2n1-c1ccc(-c3cnn(CCCCOCCN4CCNCC4)c3)cc1C(c1ccc(Cl)cc1)=NC21CC1. The highest BCUT2D eigenvalue weighted by atomic mass is 35.5. The van der Waals surface area contributed by atoms with E-state index in [4.69, 9.17) is 21.3 Å². The number of hydrogen-bond donors (Lipinski definition) is 1. The monoisotopic (exact) mass is 584 g/mol. The molecule has 2 fully saturated rings. The highest BCUT2D eigenvalue weighted by molar-refractivity contribution is 6.30. The summed E-state index contributed by atoms with van der Waals surface area (Å²) >= 11 is 6.25. The Morgan fingerprint density at radius 2 is 1.74 bits per heavy atom. The van der Waals surface area contributed by atoms with Gasteiger partial charge in [-0.1, -0.05) is 29.8 Å². The van der Waals surface area contributed by atoms with E-state index in [2.05, 4.69) is 66.6 Å². The predicted octanol–water partition coefficient (Wildman–Crippen LogP) is 4.63. The molecule has 2 aromatic carbocycles. The molecule has 1 saturated carbocycles. The maximum absolute atomic E-state index is 6.25. The summed E-state index contributed by atoms with van der Waals surface area (Å²) in [6.07, 6.45) is 8.09. The maximum atomic E-state index is 6.25. The number of rotatable bonds is 10. The van der Waals surface area contributed by atoms with Gasteiger partial charge in [-0.3, -0.25) is 19.1 Å². The van der Waals surface area contributed by atoms with Crippen LogP contribution in [0, 0.1) is 6.92 Å². The van der Waals surface area contributed by atoms with Gasteiger partial charge in [0.1, 0.15) is 11.4 Å². The molecule has 0 radical (unpaired) electrons. The zero-order valence-corrected chi connectivity index (χ0v) is 24.9. The molecule has 3 aliphatic rings. The van der Waals surface area contributed by atoms with Crippen molar-refractivity contribution in [3.05, 3.63) is 82.7 Å². The van der Waals surface area contributed by atoms with E-state index in [1.54, 1.807) is 0 Å². The first kappa shape index (κ1) is 27.5. The van der Waals surface area contributed by atoms with Gasteiger partial charge < -0.3 is 10.1 Å². The largest absolute Gasteiger partial charge is 0.380 e. The van der Waals surface area contributed by atoms with Gasteiger partial charge in [0.25, 0.3) is 0 Å². The second-order valence-corrected chi connectivity index (χ2v) is 12.0. The normalized spacial score (nSPS) is 17.5. The molecule has 42 heavy (non-hydrogen) atoms. The van der Waals surface area contributed by atoms with Crippen LogP contribution in [0.5, 0.6) is 0 Å². The fraction of sp³-hybridized carbons (Fsp3) is 0.438. The Balaban J connectivity index is 1.07. The van der Waals surface area contributed by atoms with Crippen LogP contribution >= 0.6 is 11.6 Å². The summed E-state index contributed by atoms with van der Waals surface area (Å²) in [6.45, 7) is 9.91. The van der Waals surface area contributed by atoms with E-state index >= 15 is 0 Å². The third-order valence-corrected chi connectivity index (χ3v) is 8.81. The van der Waals surface area contributed by atoms with Crippen molar-refractivity contribution in [1.29, 1.82) is 0 Å². The van der Waals surface area contributed by atoms with E-state index < -0.39 is 0 Å². The number of aliphatic imine (C=N–C) groups is 1. The van der Waals surface area contributed by atoms with Crippen LogP contribution in [-0.2, 0) is 16.8 Å². The van der Waals surface area contributed by atoms with Crippen LogP contribution in [0.1, 0.15) is 48.5 Å². The molecule has 1 aliphatic carbocycles. The second kappa shape index (κ2) is 11.7. The highest BCUT2D eigenvalue weighted by Gasteiger charge is 2.51. The first-order valence-corrected chi connectivity index (χ1v) is 15.4. The second-order valence-electron chi connectivity index (χ2n) is 11.5. The summed E-state index contributed by atoms with van der Waals surface area (Å²) in [6, 6.07) is 14.5. The first-order valence-electron chi connectivity index (χ1n) is 15.1. The quantitative estimate of drug-likeness (QED) is 0.274. The number of nitrogens with one attached hydrogen (secondary N) is 1. The molecule has 2 aromatic heterocycles. The Morgan fingerprint density at radius 1 is 0.929 bits per heavy atom. The maximum Gasteiger partial charge on any atom is 0.165 e. The average Bonchev–Trinajstić information content (AvgIpc) is 3.49. The molecule has 1 spiro atoms. The topological polar surface area (TPSA) is 85.4 Å². The molecule has 0 bridgehead atoms. The Kier molecular flexibility index (Phi) is 7.66. The predicted molar refractivity (Wildman–Crippen MR) is 165 cm³/mol. The summed E-state index contributed by atoms with van der Waals surface area (Å²) in [5, 5.41) is 17.8. The number of fused-ring (bicyclic) bond motifs is 4. The van der Waals surface area contributed by atoms with Gasteiger partial charge in [0, 0.05) is 73.8 Å². The van der Waals surface area contributed by atoms with Gasteiger partial charge in [0.05, 0.1) is 24.2 Å². The van der Waals surface area contributed by atoms with E-state index in [9.17, 15) is 0 Å². The van der Waals surface area contributed by atoms with Crippen LogP contribution in [-0.4, -0.2) is 81.1 Å². The van der Waals surface area contributed by atoms with Crippen LogP contribution in [0.15, 0.2) is 59.9 Å². The Hall–Kier alpha value is -3.37. The van der Waals surface area contributed by atoms with Crippen molar-refractivity contribution in [2.24, 2.45) is 4.99 Å². The minimum atomic E-state index is -0.324. The van der Waals surface area contributed by atoms with Crippen molar-refractivity contribution in [2.45, 2.75) is 44.7 Å². The van der Waals surface area contributed by atoms with Crippen LogP contribution in [0.3, 0.4) is 0 Å². The van der Waals surface area contributed by atoms with Crippen LogP contribution in [0.4, 0.5) is 0 Å². The summed E-state index contributed by atoms with van der Waals surface area (Å²) < 4.78 is 10.1. The van der Waals surface area contributed by atoms with E-state index in [1.165, 1.54) is 0 Å². The molecule has 9 nitrogen and oxygen atoms in total. The van der Waals surface area contributed by atoms with Gasteiger partial charge in [0.15, 0.2) is 5.82 Å². The summed E-state index contributed by atoms with van der Waals surface area (Å²) in [7, 11) is 0. The number of halogens is 1. The molecule has 0 unspecified atom stereocenters. The molecule has 4 heterocycles. The van der Waals surface area contributed by atoms with Gasteiger partial charge in [-0.25, -0.2) is 0 Å². The molecule has 7 rings (SSSR count). The van der Waals surface area contributed by atoms with E-state index in [-0.39, 0.29) is 5.54 Å². The number of unbranched alkanes of at least 4 members (excludes halogenated alkanes) is 1. The summed E-state index contributed by atoms with van der Waals surface area (Å²) in [4.78, 5) is 7.83. The van der Waals surface area contributed by atoms with Crippen molar-refractivity contribution in [1.82, 2.24) is 34.8 Å². The molecule has 2 aliphatic heterocycles. The van der Waals surface area contributed by atoms with Gasteiger partial charge in [0.2, 0.25) is 0 Å². The number of ether oxygens (including phenoxy) is 1.